The monoisotopic (exact) mass is 248 g/mol. The van der Waals surface area contributed by atoms with E-state index in [0.29, 0.717) is 0 Å². The first-order chi connectivity index (χ1) is 8.63. The van der Waals surface area contributed by atoms with E-state index in [1.54, 1.807) is 7.11 Å². The molecule has 100 valence electrons. The van der Waals surface area contributed by atoms with Gasteiger partial charge in [0.2, 0.25) is 0 Å². The second-order valence-corrected chi connectivity index (χ2v) is 5.38. The van der Waals surface area contributed by atoms with Gasteiger partial charge in [-0.1, -0.05) is 13.0 Å². The summed E-state index contributed by atoms with van der Waals surface area (Å²) < 4.78 is 5.46. The Morgan fingerprint density at radius 2 is 2.22 bits per heavy atom. The number of anilines is 1. The summed E-state index contributed by atoms with van der Waals surface area (Å²) in [5.74, 6) is 1.66. The molecule has 0 aliphatic carbocycles. The predicted molar refractivity (Wildman–Crippen MR) is 76.2 cm³/mol. The predicted octanol–water partition coefficient (Wildman–Crippen LogP) is 2.95. The molecular weight excluding hydrogens is 224 g/mol. The third-order valence-corrected chi connectivity index (χ3v) is 3.72. The minimum atomic E-state index is -0.00613. The van der Waals surface area contributed by atoms with Gasteiger partial charge in [0.05, 0.1) is 7.11 Å². The van der Waals surface area contributed by atoms with E-state index in [-0.39, 0.29) is 6.04 Å². The number of nitrogens with two attached hydrogens (primary N) is 1. The van der Waals surface area contributed by atoms with Gasteiger partial charge in [0.25, 0.3) is 0 Å². The lowest BCUT2D eigenvalue weighted by Crippen LogP contribution is -2.35. The molecule has 1 saturated heterocycles. The molecule has 1 fully saturated rings. The SMILES string of the molecule is COc1cccc(N2CCCC(C)C2)c1[C@H](C)N. The molecule has 0 aromatic heterocycles. The number of benzene rings is 1. The van der Waals surface area contributed by atoms with Crippen molar-refractivity contribution in [1.29, 1.82) is 0 Å². The fourth-order valence-electron chi connectivity index (χ4n) is 2.85. The highest BCUT2D eigenvalue weighted by Crippen LogP contribution is 2.35. The Balaban J connectivity index is 2.36. The third kappa shape index (κ3) is 2.61. The van der Waals surface area contributed by atoms with Crippen LogP contribution in [-0.2, 0) is 0 Å². The maximum absolute atomic E-state index is 6.13. The van der Waals surface area contributed by atoms with Crippen LogP contribution in [0.25, 0.3) is 0 Å². The van der Waals surface area contributed by atoms with Crippen LogP contribution in [0.4, 0.5) is 5.69 Å². The van der Waals surface area contributed by atoms with Crippen molar-refractivity contribution in [2.45, 2.75) is 32.7 Å². The molecule has 0 radical (unpaired) electrons. The first-order valence-electron chi connectivity index (χ1n) is 6.81. The van der Waals surface area contributed by atoms with E-state index < -0.39 is 0 Å². The molecule has 2 atom stereocenters. The van der Waals surface area contributed by atoms with E-state index in [2.05, 4.69) is 24.0 Å². The Labute approximate surface area is 110 Å². The largest absolute Gasteiger partial charge is 0.496 e. The summed E-state index contributed by atoms with van der Waals surface area (Å²) in [5, 5.41) is 0. The molecule has 1 aliphatic heterocycles. The number of piperidine rings is 1. The highest BCUT2D eigenvalue weighted by molar-refractivity contribution is 5.61. The number of methoxy groups -OCH3 is 1. The molecular formula is C15H24N2O. The van der Waals surface area contributed by atoms with Gasteiger partial charge in [-0.2, -0.15) is 0 Å². The summed E-state index contributed by atoms with van der Waals surface area (Å²) in [4.78, 5) is 2.45. The molecule has 1 unspecified atom stereocenters. The van der Waals surface area contributed by atoms with Crippen LogP contribution < -0.4 is 15.4 Å². The zero-order chi connectivity index (χ0) is 13.1. The van der Waals surface area contributed by atoms with Crippen molar-refractivity contribution in [2.24, 2.45) is 11.7 Å². The van der Waals surface area contributed by atoms with Crippen LogP contribution in [0.15, 0.2) is 18.2 Å². The third-order valence-electron chi connectivity index (χ3n) is 3.72. The topological polar surface area (TPSA) is 38.5 Å². The van der Waals surface area contributed by atoms with Crippen LogP contribution in [0, 0.1) is 5.92 Å². The Kier molecular flexibility index (Phi) is 4.12. The molecule has 1 aliphatic rings. The van der Waals surface area contributed by atoms with E-state index in [0.717, 1.165) is 30.3 Å². The number of rotatable bonds is 3. The van der Waals surface area contributed by atoms with Crippen molar-refractivity contribution < 1.29 is 4.74 Å². The van der Waals surface area contributed by atoms with Gasteiger partial charge < -0.3 is 15.4 Å². The molecule has 0 amide bonds. The molecule has 2 N–H and O–H groups in total. The van der Waals surface area contributed by atoms with Gasteiger partial charge in [-0.3, -0.25) is 0 Å². The van der Waals surface area contributed by atoms with Crippen molar-refractivity contribution in [1.82, 2.24) is 0 Å². The van der Waals surface area contributed by atoms with Gasteiger partial charge in [-0.05, 0) is 37.8 Å². The molecule has 3 heteroatoms. The van der Waals surface area contributed by atoms with Crippen LogP contribution in [0.3, 0.4) is 0 Å². The average molecular weight is 248 g/mol. The average Bonchev–Trinajstić information content (AvgIpc) is 2.37. The van der Waals surface area contributed by atoms with Crippen molar-refractivity contribution in [3.05, 3.63) is 23.8 Å². The Bertz CT molecular complexity index is 403. The van der Waals surface area contributed by atoms with E-state index >= 15 is 0 Å². The maximum atomic E-state index is 6.13. The van der Waals surface area contributed by atoms with Gasteiger partial charge in [0.15, 0.2) is 0 Å². The summed E-state index contributed by atoms with van der Waals surface area (Å²) in [6, 6.07) is 6.21. The Morgan fingerprint density at radius 3 is 2.83 bits per heavy atom. The second kappa shape index (κ2) is 5.61. The highest BCUT2D eigenvalue weighted by Gasteiger charge is 2.22. The normalized spacial score (nSPS) is 21.8. The van der Waals surface area contributed by atoms with Crippen molar-refractivity contribution in [3.8, 4) is 5.75 Å². The summed E-state index contributed by atoms with van der Waals surface area (Å²) in [6.07, 6.45) is 2.59. The van der Waals surface area contributed by atoms with Gasteiger partial charge in [0.1, 0.15) is 5.75 Å². The number of ether oxygens (including phenoxy) is 1. The maximum Gasteiger partial charge on any atom is 0.125 e. The number of hydrogen-bond donors (Lipinski definition) is 1. The molecule has 18 heavy (non-hydrogen) atoms. The van der Waals surface area contributed by atoms with Gasteiger partial charge in [-0.15, -0.1) is 0 Å². The smallest absolute Gasteiger partial charge is 0.125 e. The summed E-state index contributed by atoms with van der Waals surface area (Å²) >= 11 is 0. The Morgan fingerprint density at radius 1 is 1.44 bits per heavy atom. The van der Waals surface area contributed by atoms with Crippen molar-refractivity contribution >= 4 is 5.69 Å². The van der Waals surface area contributed by atoms with Crippen LogP contribution >= 0.6 is 0 Å². The molecule has 0 spiro atoms. The lowest BCUT2D eigenvalue weighted by atomic mass is 9.97. The summed E-state index contributed by atoms with van der Waals surface area (Å²) in [5.41, 5.74) is 8.51. The Hall–Kier alpha value is -1.22. The quantitative estimate of drug-likeness (QED) is 0.893. The first kappa shape index (κ1) is 13.2. The zero-order valence-electron chi connectivity index (χ0n) is 11.6. The molecule has 1 heterocycles. The first-order valence-corrected chi connectivity index (χ1v) is 6.81. The fourth-order valence-corrected chi connectivity index (χ4v) is 2.85. The second-order valence-electron chi connectivity index (χ2n) is 5.38. The molecule has 1 aromatic carbocycles. The summed E-state index contributed by atoms with van der Waals surface area (Å²) in [7, 11) is 1.71. The molecule has 0 saturated carbocycles. The van der Waals surface area contributed by atoms with Crippen LogP contribution in [0.2, 0.25) is 0 Å². The van der Waals surface area contributed by atoms with E-state index in [1.165, 1.54) is 18.5 Å². The van der Waals surface area contributed by atoms with E-state index in [1.807, 2.05) is 13.0 Å². The van der Waals surface area contributed by atoms with Crippen molar-refractivity contribution in [2.75, 3.05) is 25.1 Å². The van der Waals surface area contributed by atoms with E-state index in [9.17, 15) is 0 Å². The fraction of sp³-hybridized carbons (Fsp3) is 0.600. The zero-order valence-corrected chi connectivity index (χ0v) is 11.6. The lowest BCUT2D eigenvalue weighted by molar-refractivity contribution is 0.405. The highest BCUT2D eigenvalue weighted by atomic mass is 16.5. The van der Waals surface area contributed by atoms with Crippen molar-refractivity contribution in [3.63, 3.8) is 0 Å². The molecule has 2 rings (SSSR count). The minimum Gasteiger partial charge on any atom is -0.496 e. The summed E-state index contributed by atoms with van der Waals surface area (Å²) in [6.45, 7) is 6.58. The number of nitrogens with zero attached hydrogens (tertiary/aromatic N) is 1. The molecule has 1 aromatic rings. The number of hydrogen-bond acceptors (Lipinski definition) is 3. The van der Waals surface area contributed by atoms with Crippen LogP contribution in [0.5, 0.6) is 5.75 Å². The lowest BCUT2D eigenvalue weighted by Gasteiger charge is -2.35. The molecule has 0 bridgehead atoms. The van der Waals surface area contributed by atoms with Gasteiger partial charge >= 0.3 is 0 Å². The van der Waals surface area contributed by atoms with Crippen LogP contribution in [0.1, 0.15) is 38.3 Å². The standard InChI is InChI=1S/C15H24N2O/c1-11-6-5-9-17(10-11)13-7-4-8-14(18-3)15(13)12(2)16/h4,7-8,11-12H,5-6,9-10,16H2,1-3H3/t11?,12-/m0/s1. The van der Waals surface area contributed by atoms with Gasteiger partial charge in [0, 0.05) is 30.4 Å². The molecule has 3 nitrogen and oxygen atoms in total. The van der Waals surface area contributed by atoms with E-state index in [4.69, 9.17) is 10.5 Å². The van der Waals surface area contributed by atoms with Crippen LogP contribution in [-0.4, -0.2) is 20.2 Å². The minimum absolute atomic E-state index is 0.00613. The van der Waals surface area contributed by atoms with Gasteiger partial charge in [-0.25, -0.2) is 0 Å².